The van der Waals surface area contributed by atoms with Gasteiger partial charge in [-0.1, -0.05) is 0 Å². The number of nitrogens with zero attached hydrogens (tertiary/aromatic N) is 1. The third-order valence-corrected chi connectivity index (χ3v) is 1.94. The lowest BCUT2D eigenvalue weighted by atomic mass is 10.1. The van der Waals surface area contributed by atoms with Crippen LogP contribution in [0, 0.1) is 0 Å². The van der Waals surface area contributed by atoms with E-state index in [4.69, 9.17) is 0 Å². The van der Waals surface area contributed by atoms with Crippen LogP contribution in [-0.2, 0) is 4.79 Å². The minimum Gasteiger partial charge on any atom is -0.349 e. The third-order valence-electron chi connectivity index (χ3n) is 1.94. The van der Waals surface area contributed by atoms with Gasteiger partial charge < -0.3 is 5.32 Å². The molecule has 0 bridgehead atoms. The first-order valence-electron chi connectivity index (χ1n) is 4.64. The summed E-state index contributed by atoms with van der Waals surface area (Å²) in [6.45, 7) is 1.61. The fourth-order valence-electron chi connectivity index (χ4n) is 1.21. The Morgan fingerprint density at radius 1 is 1.44 bits per heavy atom. The van der Waals surface area contributed by atoms with E-state index in [1.807, 2.05) is 0 Å². The van der Waals surface area contributed by atoms with Gasteiger partial charge in [-0.05, 0) is 24.6 Å². The van der Waals surface area contributed by atoms with Crippen molar-refractivity contribution >= 4 is 5.91 Å². The molecule has 1 heterocycles. The van der Waals surface area contributed by atoms with Crippen molar-refractivity contribution in [2.24, 2.45) is 0 Å². The van der Waals surface area contributed by atoms with E-state index in [1.54, 1.807) is 19.1 Å². The van der Waals surface area contributed by atoms with Gasteiger partial charge in [0.05, 0.1) is 6.04 Å². The number of rotatable bonds is 3. The standard InChI is InChI=1S/C10H11F3N2O/c1-7(8-2-4-14-5-3-8)15-9(16)6-10(11,12)13/h2-5,7H,6H2,1H3,(H,15,16). The molecule has 1 amide bonds. The molecule has 1 N–H and O–H groups in total. The maximum atomic E-state index is 11.9. The summed E-state index contributed by atoms with van der Waals surface area (Å²) in [4.78, 5) is 14.8. The van der Waals surface area contributed by atoms with Crippen molar-refractivity contribution < 1.29 is 18.0 Å². The van der Waals surface area contributed by atoms with Crippen LogP contribution in [-0.4, -0.2) is 17.1 Å². The highest BCUT2D eigenvalue weighted by Gasteiger charge is 2.31. The van der Waals surface area contributed by atoms with Gasteiger partial charge in [-0.15, -0.1) is 0 Å². The van der Waals surface area contributed by atoms with Crippen LogP contribution >= 0.6 is 0 Å². The lowest BCUT2D eigenvalue weighted by Crippen LogP contribution is -2.30. The summed E-state index contributed by atoms with van der Waals surface area (Å²) < 4.78 is 35.7. The average Bonchev–Trinajstić information content (AvgIpc) is 2.16. The number of pyridine rings is 1. The molecule has 1 unspecified atom stereocenters. The highest BCUT2D eigenvalue weighted by molar-refractivity contribution is 5.77. The molecule has 88 valence electrons. The van der Waals surface area contributed by atoms with Gasteiger partial charge in [-0.3, -0.25) is 9.78 Å². The largest absolute Gasteiger partial charge is 0.397 e. The number of carbonyl (C=O) groups is 1. The van der Waals surface area contributed by atoms with Crippen LogP contribution in [0.1, 0.15) is 24.9 Å². The van der Waals surface area contributed by atoms with E-state index >= 15 is 0 Å². The quantitative estimate of drug-likeness (QED) is 0.868. The Morgan fingerprint density at radius 2 is 2.00 bits per heavy atom. The molecule has 0 fully saturated rings. The van der Waals surface area contributed by atoms with Crippen molar-refractivity contribution in [2.75, 3.05) is 0 Å². The number of halogens is 3. The molecule has 1 rings (SSSR count). The predicted octanol–water partition coefficient (Wildman–Crippen LogP) is 2.21. The monoisotopic (exact) mass is 232 g/mol. The summed E-state index contributed by atoms with van der Waals surface area (Å²) in [5, 5.41) is 2.27. The Morgan fingerprint density at radius 3 is 2.50 bits per heavy atom. The van der Waals surface area contributed by atoms with Crippen LogP contribution in [0.25, 0.3) is 0 Å². The summed E-state index contributed by atoms with van der Waals surface area (Å²) >= 11 is 0. The SMILES string of the molecule is CC(NC(=O)CC(F)(F)F)c1ccncc1. The van der Waals surface area contributed by atoms with E-state index in [-0.39, 0.29) is 0 Å². The number of hydrogen-bond acceptors (Lipinski definition) is 2. The molecule has 3 nitrogen and oxygen atoms in total. The van der Waals surface area contributed by atoms with E-state index in [9.17, 15) is 18.0 Å². The van der Waals surface area contributed by atoms with E-state index in [0.717, 1.165) is 0 Å². The van der Waals surface area contributed by atoms with Crippen molar-refractivity contribution in [1.29, 1.82) is 0 Å². The molecule has 0 aliphatic rings. The first kappa shape index (κ1) is 12.5. The van der Waals surface area contributed by atoms with E-state index in [1.165, 1.54) is 12.4 Å². The van der Waals surface area contributed by atoms with Crippen LogP contribution < -0.4 is 5.32 Å². The molecule has 0 radical (unpaired) electrons. The van der Waals surface area contributed by atoms with Gasteiger partial charge in [0.2, 0.25) is 5.91 Å². The zero-order valence-electron chi connectivity index (χ0n) is 8.58. The molecule has 1 aromatic heterocycles. The Balaban J connectivity index is 2.52. The first-order chi connectivity index (χ1) is 7.38. The summed E-state index contributed by atoms with van der Waals surface area (Å²) in [7, 11) is 0. The average molecular weight is 232 g/mol. The lowest BCUT2D eigenvalue weighted by molar-refractivity contribution is -0.154. The van der Waals surface area contributed by atoms with Crippen LogP contribution in [0.3, 0.4) is 0 Å². The normalized spacial score (nSPS) is 13.2. The minimum absolute atomic E-state index is 0.460. The second kappa shape index (κ2) is 4.96. The zero-order chi connectivity index (χ0) is 12.2. The van der Waals surface area contributed by atoms with E-state index in [0.29, 0.717) is 5.56 Å². The highest BCUT2D eigenvalue weighted by atomic mass is 19.4. The molecule has 0 spiro atoms. The van der Waals surface area contributed by atoms with Gasteiger partial charge in [0, 0.05) is 12.4 Å². The number of aromatic nitrogens is 1. The van der Waals surface area contributed by atoms with Crippen LogP contribution in [0.2, 0.25) is 0 Å². The Bertz CT molecular complexity index is 351. The summed E-state index contributed by atoms with van der Waals surface area (Å²) in [5.41, 5.74) is 0.713. The second-order valence-corrected chi connectivity index (χ2v) is 3.36. The molecular weight excluding hydrogens is 221 g/mol. The molecule has 6 heteroatoms. The molecule has 1 atom stereocenters. The molecule has 16 heavy (non-hydrogen) atoms. The number of hydrogen-bond donors (Lipinski definition) is 1. The van der Waals surface area contributed by atoms with Gasteiger partial charge in [0.15, 0.2) is 0 Å². The van der Waals surface area contributed by atoms with Crippen molar-refractivity contribution in [1.82, 2.24) is 10.3 Å². The highest BCUT2D eigenvalue weighted by Crippen LogP contribution is 2.20. The van der Waals surface area contributed by atoms with Gasteiger partial charge in [0.25, 0.3) is 0 Å². The maximum Gasteiger partial charge on any atom is 0.397 e. The molecule has 0 aliphatic heterocycles. The Labute approximate surface area is 90.7 Å². The van der Waals surface area contributed by atoms with Gasteiger partial charge >= 0.3 is 6.18 Å². The summed E-state index contributed by atoms with van der Waals surface area (Å²) in [6, 6.07) is 2.81. The first-order valence-corrected chi connectivity index (χ1v) is 4.64. The second-order valence-electron chi connectivity index (χ2n) is 3.36. The van der Waals surface area contributed by atoms with Crippen molar-refractivity contribution in [3.63, 3.8) is 0 Å². The topological polar surface area (TPSA) is 42.0 Å². The number of amides is 1. The number of carbonyl (C=O) groups excluding carboxylic acids is 1. The molecule has 0 aliphatic carbocycles. The molecule has 0 saturated carbocycles. The number of alkyl halides is 3. The summed E-state index contributed by atoms with van der Waals surface area (Å²) in [5.74, 6) is -1.03. The van der Waals surface area contributed by atoms with Gasteiger partial charge in [-0.25, -0.2) is 0 Å². The Kier molecular flexibility index (Phi) is 3.87. The third kappa shape index (κ3) is 4.29. The van der Waals surface area contributed by atoms with E-state index in [2.05, 4.69) is 10.3 Å². The van der Waals surface area contributed by atoms with Gasteiger partial charge in [0.1, 0.15) is 6.42 Å². The molecule has 0 saturated heterocycles. The minimum atomic E-state index is -4.47. The van der Waals surface area contributed by atoms with Crippen molar-refractivity contribution in [2.45, 2.75) is 25.6 Å². The molecule has 1 aromatic rings. The smallest absolute Gasteiger partial charge is 0.349 e. The van der Waals surface area contributed by atoms with Crippen LogP contribution in [0.15, 0.2) is 24.5 Å². The van der Waals surface area contributed by atoms with Gasteiger partial charge in [-0.2, -0.15) is 13.2 Å². The van der Waals surface area contributed by atoms with Crippen molar-refractivity contribution in [3.05, 3.63) is 30.1 Å². The number of nitrogens with one attached hydrogen (secondary N) is 1. The van der Waals surface area contributed by atoms with Crippen LogP contribution in [0.4, 0.5) is 13.2 Å². The van der Waals surface area contributed by atoms with E-state index < -0.39 is 24.5 Å². The zero-order valence-corrected chi connectivity index (χ0v) is 8.58. The fraction of sp³-hybridized carbons (Fsp3) is 0.400. The fourth-order valence-corrected chi connectivity index (χ4v) is 1.21. The maximum absolute atomic E-state index is 11.9. The molecule has 0 aromatic carbocycles. The molecular formula is C10H11F3N2O. The summed E-state index contributed by atoms with van der Waals surface area (Å²) in [6.07, 6.45) is -2.89. The predicted molar refractivity (Wildman–Crippen MR) is 51.5 cm³/mol. The lowest BCUT2D eigenvalue weighted by Gasteiger charge is -2.14. The van der Waals surface area contributed by atoms with Crippen LogP contribution in [0.5, 0.6) is 0 Å². The van der Waals surface area contributed by atoms with Crippen molar-refractivity contribution in [3.8, 4) is 0 Å². The Hall–Kier alpha value is -1.59.